The number of ether oxygens (including phenoxy) is 3. The van der Waals surface area contributed by atoms with Crippen LogP contribution in [-0.4, -0.2) is 45.4 Å². The molecule has 1 heterocycles. The van der Waals surface area contributed by atoms with E-state index in [4.69, 9.17) is 14.2 Å². The number of esters is 2. The van der Waals surface area contributed by atoms with Gasteiger partial charge in [-0.25, -0.2) is 9.59 Å². The normalized spacial score (nSPS) is 13.6. The van der Waals surface area contributed by atoms with Crippen LogP contribution < -0.4 is 10.2 Å². The zero-order valence-electron chi connectivity index (χ0n) is 17.9. The van der Waals surface area contributed by atoms with Crippen molar-refractivity contribution in [3.05, 3.63) is 70.4 Å². The van der Waals surface area contributed by atoms with Crippen molar-refractivity contribution in [2.24, 2.45) is 0 Å². The molecular formula is C23H24N2O6. The summed E-state index contributed by atoms with van der Waals surface area (Å²) in [6.07, 6.45) is 0. The molecule has 1 N–H and O–H groups in total. The lowest BCUT2D eigenvalue weighted by molar-refractivity contribution is -0.140. The Balaban J connectivity index is 1.98. The molecule has 0 radical (unpaired) electrons. The van der Waals surface area contributed by atoms with Gasteiger partial charge in [-0.05, 0) is 43.7 Å². The van der Waals surface area contributed by atoms with Gasteiger partial charge in [-0.3, -0.25) is 4.79 Å². The Kier molecular flexibility index (Phi) is 6.71. The standard InChI is InChI=1S/C23H24N2O6/c1-14-6-5-7-16(10-14)21(26)24-19-11-17(9-8-15(19)2)25-13-31-12-18(22(27)29-3)20(25)23(28)30-4/h5-11H,12-13H2,1-4H3,(H,24,26). The van der Waals surface area contributed by atoms with Crippen molar-refractivity contribution in [3.8, 4) is 0 Å². The lowest BCUT2D eigenvalue weighted by Crippen LogP contribution is -2.38. The number of anilines is 2. The van der Waals surface area contributed by atoms with Crippen LogP contribution in [0.1, 0.15) is 21.5 Å². The minimum absolute atomic E-state index is 0.0270. The van der Waals surface area contributed by atoms with Crippen LogP contribution in [0.15, 0.2) is 53.7 Å². The van der Waals surface area contributed by atoms with E-state index in [1.165, 1.54) is 19.1 Å². The van der Waals surface area contributed by atoms with Crippen LogP contribution in [0.4, 0.5) is 11.4 Å². The van der Waals surface area contributed by atoms with Crippen LogP contribution in [0.25, 0.3) is 0 Å². The van der Waals surface area contributed by atoms with Gasteiger partial charge in [-0.1, -0.05) is 23.8 Å². The van der Waals surface area contributed by atoms with Crippen molar-refractivity contribution in [1.82, 2.24) is 0 Å². The summed E-state index contributed by atoms with van der Waals surface area (Å²) in [4.78, 5) is 38.9. The first kappa shape index (κ1) is 22.0. The Morgan fingerprint density at radius 2 is 1.74 bits per heavy atom. The molecule has 1 amide bonds. The Morgan fingerprint density at radius 1 is 1.00 bits per heavy atom. The number of methoxy groups -OCH3 is 2. The summed E-state index contributed by atoms with van der Waals surface area (Å²) in [7, 11) is 2.47. The molecule has 1 aliphatic heterocycles. The molecule has 2 aromatic carbocycles. The third-order valence-electron chi connectivity index (χ3n) is 4.89. The topological polar surface area (TPSA) is 94.2 Å². The van der Waals surface area contributed by atoms with Gasteiger partial charge in [0.25, 0.3) is 5.91 Å². The Labute approximate surface area is 180 Å². The van der Waals surface area contributed by atoms with E-state index in [-0.39, 0.29) is 30.5 Å². The van der Waals surface area contributed by atoms with Crippen LogP contribution >= 0.6 is 0 Å². The molecule has 3 rings (SSSR count). The number of carbonyl (C=O) groups is 3. The van der Waals surface area contributed by atoms with Gasteiger partial charge in [0.05, 0.1) is 26.4 Å². The van der Waals surface area contributed by atoms with Gasteiger partial charge < -0.3 is 24.4 Å². The van der Waals surface area contributed by atoms with Crippen molar-refractivity contribution in [2.75, 3.05) is 37.8 Å². The number of amides is 1. The molecule has 31 heavy (non-hydrogen) atoms. The van der Waals surface area contributed by atoms with Crippen molar-refractivity contribution < 1.29 is 28.6 Å². The van der Waals surface area contributed by atoms with E-state index in [0.717, 1.165) is 11.1 Å². The Bertz CT molecular complexity index is 1060. The van der Waals surface area contributed by atoms with Gasteiger partial charge >= 0.3 is 11.9 Å². The first-order valence-electron chi connectivity index (χ1n) is 9.59. The molecule has 8 heteroatoms. The quantitative estimate of drug-likeness (QED) is 0.738. The molecule has 0 spiro atoms. The van der Waals surface area contributed by atoms with Crippen molar-refractivity contribution in [2.45, 2.75) is 13.8 Å². The lowest BCUT2D eigenvalue weighted by atomic mass is 10.1. The maximum absolute atomic E-state index is 12.7. The summed E-state index contributed by atoms with van der Waals surface area (Å²) in [5, 5.41) is 2.91. The first-order chi connectivity index (χ1) is 14.8. The van der Waals surface area contributed by atoms with Crippen LogP contribution in [0.2, 0.25) is 0 Å². The summed E-state index contributed by atoms with van der Waals surface area (Å²) < 4.78 is 15.2. The molecule has 1 aliphatic rings. The number of hydrogen-bond donors (Lipinski definition) is 1. The van der Waals surface area contributed by atoms with Gasteiger partial charge in [0.1, 0.15) is 12.4 Å². The van der Waals surface area contributed by atoms with Gasteiger partial charge in [0.15, 0.2) is 0 Å². The Morgan fingerprint density at radius 3 is 2.42 bits per heavy atom. The SMILES string of the molecule is COC(=O)C1=C(C(=O)OC)N(c2ccc(C)c(NC(=O)c3cccc(C)c3)c2)COC1. The average Bonchev–Trinajstić information content (AvgIpc) is 2.78. The molecule has 162 valence electrons. The summed E-state index contributed by atoms with van der Waals surface area (Å²) in [5.74, 6) is -1.61. The van der Waals surface area contributed by atoms with E-state index in [2.05, 4.69) is 5.32 Å². The maximum atomic E-state index is 12.7. The van der Waals surface area contributed by atoms with Crippen LogP contribution in [0.5, 0.6) is 0 Å². The van der Waals surface area contributed by atoms with E-state index in [1.54, 1.807) is 24.3 Å². The van der Waals surface area contributed by atoms with Crippen molar-refractivity contribution in [1.29, 1.82) is 0 Å². The van der Waals surface area contributed by atoms with E-state index >= 15 is 0 Å². The third kappa shape index (κ3) is 4.75. The second kappa shape index (κ2) is 9.44. The average molecular weight is 424 g/mol. The fraction of sp³-hybridized carbons (Fsp3) is 0.261. The fourth-order valence-electron chi connectivity index (χ4n) is 3.24. The molecule has 2 aromatic rings. The molecule has 8 nitrogen and oxygen atoms in total. The van der Waals surface area contributed by atoms with Crippen LogP contribution in [0, 0.1) is 13.8 Å². The minimum Gasteiger partial charge on any atom is -0.466 e. The van der Waals surface area contributed by atoms with Gasteiger partial charge in [-0.15, -0.1) is 0 Å². The minimum atomic E-state index is -0.686. The van der Waals surface area contributed by atoms with Crippen molar-refractivity contribution in [3.63, 3.8) is 0 Å². The highest BCUT2D eigenvalue weighted by atomic mass is 16.5. The smallest absolute Gasteiger partial charge is 0.355 e. The largest absolute Gasteiger partial charge is 0.466 e. The third-order valence-corrected chi connectivity index (χ3v) is 4.89. The van der Waals surface area contributed by atoms with Gasteiger partial charge in [0.2, 0.25) is 0 Å². The molecule has 0 bridgehead atoms. The van der Waals surface area contributed by atoms with E-state index in [0.29, 0.717) is 16.9 Å². The number of nitrogens with zero attached hydrogens (tertiary/aromatic N) is 1. The summed E-state index contributed by atoms with van der Waals surface area (Å²) in [5.41, 5.74) is 3.57. The highest BCUT2D eigenvalue weighted by molar-refractivity contribution is 6.06. The van der Waals surface area contributed by atoms with E-state index in [1.807, 2.05) is 32.0 Å². The number of hydrogen-bond acceptors (Lipinski definition) is 7. The van der Waals surface area contributed by atoms with E-state index in [9.17, 15) is 14.4 Å². The predicted molar refractivity (Wildman–Crippen MR) is 115 cm³/mol. The molecule has 0 saturated heterocycles. The molecule has 0 unspecified atom stereocenters. The van der Waals surface area contributed by atoms with Crippen LogP contribution in [0.3, 0.4) is 0 Å². The second-order valence-corrected chi connectivity index (χ2v) is 7.04. The first-order valence-corrected chi connectivity index (χ1v) is 9.59. The van der Waals surface area contributed by atoms with Gasteiger partial charge in [0, 0.05) is 16.9 Å². The summed E-state index contributed by atoms with van der Waals surface area (Å²) >= 11 is 0. The summed E-state index contributed by atoms with van der Waals surface area (Å²) in [6.45, 7) is 3.73. The van der Waals surface area contributed by atoms with Crippen LogP contribution in [-0.2, 0) is 23.8 Å². The zero-order chi connectivity index (χ0) is 22.5. The highest BCUT2D eigenvalue weighted by Gasteiger charge is 2.32. The molecule has 0 atom stereocenters. The number of carbonyl (C=O) groups excluding carboxylic acids is 3. The molecule has 0 aliphatic carbocycles. The summed E-state index contributed by atoms with van der Waals surface area (Å²) in [6, 6.07) is 12.6. The molecule has 0 fully saturated rings. The highest BCUT2D eigenvalue weighted by Crippen LogP contribution is 2.30. The number of benzene rings is 2. The fourth-order valence-corrected chi connectivity index (χ4v) is 3.24. The van der Waals surface area contributed by atoms with E-state index < -0.39 is 11.9 Å². The second-order valence-electron chi connectivity index (χ2n) is 7.04. The van der Waals surface area contributed by atoms with Crippen molar-refractivity contribution >= 4 is 29.2 Å². The number of nitrogens with one attached hydrogen (secondary N) is 1. The molecular weight excluding hydrogens is 400 g/mol. The van der Waals surface area contributed by atoms with Gasteiger partial charge in [-0.2, -0.15) is 0 Å². The Hall–Kier alpha value is -3.65. The monoisotopic (exact) mass is 424 g/mol. The maximum Gasteiger partial charge on any atom is 0.355 e. The predicted octanol–water partition coefficient (Wildman–Crippen LogP) is 2.95. The number of aryl methyl sites for hydroxylation is 2. The molecule has 0 aromatic heterocycles. The number of rotatable bonds is 5. The lowest BCUT2D eigenvalue weighted by Gasteiger charge is -2.31. The zero-order valence-corrected chi connectivity index (χ0v) is 17.9. The molecule has 0 saturated carbocycles.